The van der Waals surface area contributed by atoms with Crippen molar-refractivity contribution in [2.24, 2.45) is 4.99 Å². The van der Waals surface area contributed by atoms with Gasteiger partial charge in [-0.1, -0.05) is 47.8 Å². The van der Waals surface area contributed by atoms with Crippen molar-refractivity contribution in [3.05, 3.63) is 80.9 Å². The van der Waals surface area contributed by atoms with E-state index < -0.39 is 0 Å². The van der Waals surface area contributed by atoms with Crippen LogP contribution >= 0.6 is 35.0 Å². The third kappa shape index (κ3) is 4.80. The van der Waals surface area contributed by atoms with Gasteiger partial charge >= 0.3 is 0 Å². The molecule has 1 amide bonds. The second-order valence-corrected chi connectivity index (χ2v) is 9.45. The minimum atomic E-state index is -0.0716. The predicted octanol–water partition coefficient (Wildman–Crippen LogP) is 7.96. The minimum absolute atomic E-state index is 0.0325. The summed E-state index contributed by atoms with van der Waals surface area (Å²) in [6.07, 6.45) is 2.58. The van der Waals surface area contributed by atoms with Crippen LogP contribution in [0.2, 0.25) is 10.0 Å². The molecule has 7 heteroatoms. The van der Waals surface area contributed by atoms with Gasteiger partial charge in [-0.25, -0.2) is 4.99 Å². The van der Waals surface area contributed by atoms with Gasteiger partial charge < -0.3 is 4.42 Å². The first-order valence-corrected chi connectivity index (χ1v) is 11.9. The summed E-state index contributed by atoms with van der Waals surface area (Å²) < 4.78 is 5.96. The Morgan fingerprint density at radius 3 is 2.56 bits per heavy atom. The predicted molar refractivity (Wildman–Crippen MR) is 135 cm³/mol. The molecule has 0 radical (unpaired) electrons. The van der Waals surface area contributed by atoms with Crippen LogP contribution in [-0.2, 0) is 4.79 Å². The smallest absolute Gasteiger partial charge is 0.267 e. The average Bonchev–Trinajstić information content (AvgIpc) is 3.34. The molecule has 1 aliphatic rings. The number of thioether (sulfide) groups is 1. The van der Waals surface area contributed by atoms with E-state index in [1.807, 2.05) is 56.3 Å². The number of carbonyl (C=O) groups is 1. The Hall–Kier alpha value is -2.47. The van der Waals surface area contributed by atoms with E-state index in [9.17, 15) is 4.79 Å². The van der Waals surface area contributed by atoms with Gasteiger partial charge in [-0.05, 0) is 74.5 Å². The van der Waals surface area contributed by atoms with Crippen LogP contribution in [0.4, 0.5) is 5.69 Å². The lowest BCUT2D eigenvalue weighted by molar-refractivity contribution is -0.123. The largest absolute Gasteiger partial charge is 0.457 e. The van der Waals surface area contributed by atoms with Gasteiger partial charge in [0.2, 0.25) is 0 Å². The number of furan rings is 1. The van der Waals surface area contributed by atoms with Crippen molar-refractivity contribution in [1.29, 1.82) is 0 Å². The number of hydrogen-bond donors (Lipinski definition) is 0. The lowest BCUT2D eigenvalue weighted by Crippen LogP contribution is -2.36. The fourth-order valence-corrected chi connectivity index (χ4v) is 4.83. The summed E-state index contributed by atoms with van der Waals surface area (Å²) in [6, 6.07) is 16.9. The Morgan fingerprint density at radius 2 is 1.88 bits per heavy atom. The maximum absolute atomic E-state index is 13.2. The molecule has 32 heavy (non-hydrogen) atoms. The molecule has 1 aromatic heterocycles. The molecule has 1 atom stereocenters. The van der Waals surface area contributed by atoms with Gasteiger partial charge in [-0.3, -0.25) is 9.69 Å². The molecule has 4 rings (SSSR count). The maximum atomic E-state index is 13.2. The monoisotopic (exact) mass is 484 g/mol. The summed E-state index contributed by atoms with van der Waals surface area (Å²) in [7, 11) is 0. The first-order valence-electron chi connectivity index (χ1n) is 10.3. The van der Waals surface area contributed by atoms with Crippen molar-refractivity contribution < 1.29 is 9.21 Å². The highest BCUT2D eigenvalue weighted by atomic mass is 35.5. The molecule has 0 N–H and O–H groups in total. The zero-order chi connectivity index (χ0) is 22.8. The van der Waals surface area contributed by atoms with Crippen molar-refractivity contribution in [2.75, 3.05) is 0 Å². The van der Waals surface area contributed by atoms with Gasteiger partial charge in [-0.2, -0.15) is 0 Å². The zero-order valence-electron chi connectivity index (χ0n) is 17.9. The molecular weight excluding hydrogens is 463 g/mol. The molecular formula is C25H22Cl2N2O2S. The fourth-order valence-electron chi connectivity index (χ4n) is 3.26. The van der Waals surface area contributed by atoms with Crippen LogP contribution in [0.15, 0.2) is 68.9 Å². The number of nitrogens with zero attached hydrogens (tertiary/aromatic N) is 2. The third-order valence-electron chi connectivity index (χ3n) is 5.22. The SMILES string of the molecule is CC[C@@H](C)N1C(=O)/C(=C\c2ccc(-c3ccc(Cl)cc3Cl)o2)SC1=Nc1ccc(C)cc1. The number of halogens is 2. The van der Waals surface area contributed by atoms with Gasteiger partial charge in [0.15, 0.2) is 5.17 Å². The van der Waals surface area contributed by atoms with E-state index in [1.165, 1.54) is 11.8 Å². The molecule has 0 saturated carbocycles. The first kappa shape index (κ1) is 22.7. The Bertz CT molecular complexity index is 1210. The number of aliphatic imine (C=N–C) groups is 1. The maximum Gasteiger partial charge on any atom is 0.267 e. The van der Waals surface area contributed by atoms with Crippen molar-refractivity contribution >= 4 is 57.8 Å². The summed E-state index contributed by atoms with van der Waals surface area (Å²) >= 11 is 13.6. The Kier molecular flexibility index (Phi) is 6.79. The fraction of sp³-hybridized carbons (Fsp3) is 0.200. The second kappa shape index (κ2) is 9.57. The molecule has 1 fully saturated rings. The van der Waals surface area contributed by atoms with Crippen molar-refractivity contribution in [3.8, 4) is 11.3 Å². The number of hydrogen-bond acceptors (Lipinski definition) is 4. The summed E-state index contributed by atoms with van der Waals surface area (Å²) in [5.74, 6) is 1.11. The zero-order valence-corrected chi connectivity index (χ0v) is 20.3. The molecule has 0 unspecified atom stereocenters. The number of amides is 1. The van der Waals surface area contributed by atoms with Crippen LogP contribution in [0.3, 0.4) is 0 Å². The van der Waals surface area contributed by atoms with Crippen molar-refractivity contribution in [2.45, 2.75) is 33.2 Å². The van der Waals surface area contributed by atoms with Crippen LogP contribution in [0.1, 0.15) is 31.6 Å². The molecule has 164 valence electrons. The van der Waals surface area contributed by atoms with Crippen molar-refractivity contribution in [1.82, 2.24) is 4.90 Å². The Morgan fingerprint density at radius 1 is 1.12 bits per heavy atom. The van der Waals surface area contributed by atoms with Crippen molar-refractivity contribution in [3.63, 3.8) is 0 Å². The minimum Gasteiger partial charge on any atom is -0.457 e. The van der Waals surface area contributed by atoms with E-state index in [-0.39, 0.29) is 11.9 Å². The van der Waals surface area contributed by atoms with E-state index >= 15 is 0 Å². The number of amidine groups is 1. The summed E-state index contributed by atoms with van der Waals surface area (Å²) in [4.78, 5) is 20.3. The molecule has 0 bridgehead atoms. The summed E-state index contributed by atoms with van der Waals surface area (Å²) in [5.41, 5.74) is 2.73. The highest BCUT2D eigenvalue weighted by molar-refractivity contribution is 8.18. The number of aryl methyl sites for hydroxylation is 1. The first-order chi connectivity index (χ1) is 15.4. The van der Waals surface area contributed by atoms with E-state index in [0.29, 0.717) is 31.6 Å². The van der Waals surface area contributed by atoms with Crippen LogP contribution in [0, 0.1) is 6.92 Å². The molecule has 2 aromatic carbocycles. The standard InChI is InChI=1S/C25H22Cl2N2O2S/c1-4-16(3)29-24(30)23(32-25(29)28-18-8-5-15(2)6-9-18)14-19-10-12-22(31-19)20-11-7-17(26)13-21(20)27/h5-14,16H,4H2,1-3H3/b23-14+,28-25?/t16-/m1/s1. The van der Waals surface area contributed by atoms with Gasteiger partial charge in [0, 0.05) is 22.7 Å². The van der Waals surface area contributed by atoms with E-state index in [2.05, 4.69) is 6.92 Å². The molecule has 0 spiro atoms. The van der Waals surface area contributed by atoms with Crippen LogP contribution in [0.5, 0.6) is 0 Å². The Balaban J connectivity index is 1.65. The van der Waals surface area contributed by atoms with E-state index in [1.54, 1.807) is 23.1 Å². The topological polar surface area (TPSA) is 45.8 Å². The molecule has 0 aliphatic carbocycles. The van der Waals surface area contributed by atoms with Crippen LogP contribution in [0.25, 0.3) is 17.4 Å². The highest BCUT2D eigenvalue weighted by Crippen LogP contribution is 2.37. The van der Waals surface area contributed by atoms with E-state index in [0.717, 1.165) is 23.2 Å². The van der Waals surface area contributed by atoms with Crippen LogP contribution in [-0.4, -0.2) is 22.0 Å². The molecule has 2 heterocycles. The van der Waals surface area contributed by atoms with Gasteiger partial charge in [0.1, 0.15) is 11.5 Å². The number of rotatable bonds is 5. The Labute approximate surface area is 201 Å². The summed E-state index contributed by atoms with van der Waals surface area (Å²) in [6.45, 7) is 6.12. The number of benzene rings is 2. The lowest BCUT2D eigenvalue weighted by atomic mass is 10.2. The van der Waals surface area contributed by atoms with E-state index in [4.69, 9.17) is 32.6 Å². The normalized spacial score (nSPS) is 17.5. The molecule has 1 aliphatic heterocycles. The molecule has 1 saturated heterocycles. The van der Waals surface area contributed by atoms with Gasteiger partial charge in [0.25, 0.3) is 5.91 Å². The van der Waals surface area contributed by atoms with Gasteiger partial charge in [-0.15, -0.1) is 0 Å². The second-order valence-electron chi connectivity index (χ2n) is 7.60. The average molecular weight is 485 g/mol. The van der Waals surface area contributed by atoms with Gasteiger partial charge in [0.05, 0.1) is 15.6 Å². The quantitative estimate of drug-likeness (QED) is 0.345. The lowest BCUT2D eigenvalue weighted by Gasteiger charge is -2.22. The highest BCUT2D eigenvalue weighted by Gasteiger charge is 2.36. The third-order valence-corrected chi connectivity index (χ3v) is 6.75. The molecule has 3 aromatic rings. The number of carbonyl (C=O) groups excluding carboxylic acids is 1. The summed E-state index contributed by atoms with van der Waals surface area (Å²) in [5, 5.41) is 1.74. The molecule has 4 nitrogen and oxygen atoms in total. The van der Waals surface area contributed by atoms with Crippen LogP contribution < -0.4 is 0 Å².